The monoisotopic (exact) mass is 290 g/mol. The Kier molecular flexibility index (Phi) is 5.27. The number of ether oxygens (including phenoxy) is 2. The highest BCUT2D eigenvalue weighted by Crippen LogP contribution is 2.46. The first-order valence-corrected chi connectivity index (χ1v) is 7.94. The standard InChI is InChI=1S/C18H26O3/c1-5-13-7-8-17(21-6-2)15(10-13)12(3)9-14-11-16(14)18(19)20-4/h7-8,10,12,14,16H,5-6,9,11H2,1-4H3. The van der Waals surface area contributed by atoms with Crippen molar-refractivity contribution in [1.29, 1.82) is 0 Å². The first-order chi connectivity index (χ1) is 10.1. The third-order valence-electron chi connectivity index (χ3n) is 4.40. The molecule has 3 heteroatoms. The number of carbonyl (C=O) groups is 1. The highest BCUT2D eigenvalue weighted by atomic mass is 16.5. The number of carbonyl (C=O) groups excluding carboxylic acids is 1. The molecule has 0 amide bonds. The summed E-state index contributed by atoms with van der Waals surface area (Å²) in [5, 5.41) is 0. The van der Waals surface area contributed by atoms with Crippen LogP contribution in [0.4, 0.5) is 0 Å². The van der Waals surface area contributed by atoms with E-state index in [0.29, 0.717) is 18.4 Å². The van der Waals surface area contributed by atoms with E-state index >= 15 is 0 Å². The third-order valence-corrected chi connectivity index (χ3v) is 4.40. The lowest BCUT2D eigenvalue weighted by Crippen LogP contribution is -2.07. The van der Waals surface area contributed by atoms with Crippen molar-refractivity contribution in [2.75, 3.05) is 13.7 Å². The Morgan fingerprint density at radius 3 is 2.76 bits per heavy atom. The summed E-state index contributed by atoms with van der Waals surface area (Å²) in [6.07, 6.45) is 3.02. The highest BCUT2D eigenvalue weighted by molar-refractivity contribution is 5.75. The normalized spacial score (nSPS) is 21.7. The SMILES string of the molecule is CCOc1ccc(CC)cc1C(C)CC1CC1C(=O)OC. The van der Waals surface area contributed by atoms with E-state index in [4.69, 9.17) is 9.47 Å². The number of aryl methyl sites for hydroxylation is 1. The molecule has 116 valence electrons. The molecule has 3 unspecified atom stereocenters. The van der Waals surface area contributed by atoms with Gasteiger partial charge in [0.1, 0.15) is 5.75 Å². The fraction of sp³-hybridized carbons (Fsp3) is 0.611. The number of rotatable bonds is 7. The van der Waals surface area contributed by atoms with Gasteiger partial charge < -0.3 is 9.47 Å². The summed E-state index contributed by atoms with van der Waals surface area (Å²) in [6, 6.07) is 6.47. The van der Waals surface area contributed by atoms with Gasteiger partial charge in [-0.1, -0.05) is 26.0 Å². The number of hydrogen-bond donors (Lipinski definition) is 0. The van der Waals surface area contributed by atoms with Crippen LogP contribution in [0.2, 0.25) is 0 Å². The van der Waals surface area contributed by atoms with Gasteiger partial charge in [0.25, 0.3) is 0 Å². The molecule has 0 aromatic heterocycles. The van der Waals surface area contributed by atoms with E-state index in [-0.39, 0.29) is 11.9 Å². The van der Waals surface area contributed by atoms with Crippen LogP contribution in [0.1, 0.15) is 50.7 Å². The van der Waals surface area contributed by atoms with Gasteiger partial charge in [0.05, 0.1) is 19.6 Å². The van der Waals surface area contributed by atoms with Gasteiger partial charge in [-0.25, -0.2) is 0 Å². The molecule has 2 rings (SSSR count). The predicted octanol–water partition coefficient (Wildman–Crippen LogP) is 3.95. The summed E-state index contributed by atoms with van der Waals surface area (Å²) < 4.78 is 10.6. The van der Waals surface area contributed by atoms with Crippen LogP contribution in [0.25, 0.3) is 0 Å². The lowest BCUT2D eigenvalue weighted by molar-refractivity contribution is -0.142. The van der Waals surface area contributed by atoms with Gasteiger partial charge in [0, 0.05) is 0 Å². The molecule has 0 radical (unpaired) electrons. The van der Waals surface area contributed by atoms with Gasteiger partial charge in [-0.05, 0) is 55.2 Å². The maximum atomic E-state index is 11.5. The Morgan fingerprint density at radius 2 is 2.14 bits per heavy atom. The molecule has 1 fully saturated rings. The minimum Gasteiger partial charge on any atom is -0.494 e. The molecule has 1 aliphatic rings. The second kappa shape index (κ2) is 6.97. The molecule has 3 atom stereocenters. The Morgan fingerprint density at radius 1 is 1.38 bits per heavy atom. The number of hydrogen-bond acceptors (Lipinski definition) is 3. The van der Waals surface area contributed by atoms with E-state index in [1.807, 2.05) is 6.92 Å². The van der Waals surface area contributed by atoms with Crippen LogP contribution in [0.15, 0.2) is 18.2 Å². The summed E-state index contributed by atoms with van der Waals surface area (Å²) in [6.45, 7) is 7.08. The van der Waals surface area contributed by atoms with E-state index in [9.17, 15) is 4.79 Å². The molecule has 1 aromatic carbocycles. The number of benzene rings is 1. The maximum Gasteiger partial charge on any atom is 0.308 e. The van der Waals surface area contributed by atoms with Gasteiger partial charge in [-0.15, -0.1) is 0 Å². The van der Waals surface area contributed by atoms with Crippen molar-refractivity contribution in [1.82, 2.24) is 0 Å². The van der Waals surface area contributed by atoms with Gasteiger partial charge in [0.15, 0.2) is 0 Å². The Labute approximate surface area is 127 Å². The van der Waals surface area contributed by atoms with E-state index in [0.717, 1.165) is 25.0 Å². The van der Waals surface area contributed by atoms with Crippen molar-refractivity contribution in [3.63, 3.8) is 0 Å². The maximum absolute atomic E-state index is 11.5. The molecule has 1 aromatic rings. The van der Waals surface area contributed by atoms with Gasteiger partial charge in [0.2, 0.25) is 0 Å². The molecule has 0 spiro atoms. The van der Waals surface area contributed by atoms with Crippen LogP contribution in [0.3, 0.4) is 0 Å². The van der Waals surface area contributed by atoms with Crippen LogP contribution in [0.5, 0.6) is 5.75 Å². The molecular weight excluding hydrogens is 264 g/mol. The Balaban J connectivity index is 2.07. The van der Waals surface area contributed by atoms with E-state index < -0.39 is 0 Å². The Bertz CT molecular complexity index is 495. The van der Waals surface area contributed by atoms with Crippen molar-refractivity contribution in [3.8, 4) is 5.75 Å². The van der Waals surface area contributed by atoms with Crippen molar-refractivity contribution >= 4 is 5.97 Å². The highest BCUT2D eigenvalue weighted by Gasteiger charge is 2.44. The molecule has 21 heavy (non-hydrogen) atoms. The lowest BCUT2D eigenvalue weighted by Gasteiger charge is -2.18. The minimum absolute atomic E-state index is 0.0560. The summed E-state index contributed by atoms with van der Waals surface area (Å²) in [7, 11) is 1.47. The minimum atomic E-state index is -0.0560. The van der Waals surface area contributed by atoms with Crippen molar-refractivity contribution in [2.24, 2.45) is 11.8 Å². The van der Waals surface area contributed by atoms with Crippen LogP contribution >= 0.6 is 0 Å². The fourth-order valence-electron chi connectivity index (χ4n) is 3.02. The molecule has 0 bridgehead atoms. The van der Waals surface area contributed by atoms with Gasteiger partial charge in [-0.2, -0.15) is 0 Å². The first kappa shape index (κ1) is 15.9. The molecular formula is C18H26O3. The third kappa shape index (κ3) is 3.78. The average Bonchev–Trinajstić information content (AvgIpc) is 3.26. The zero-order valence-electron chi connectivity index (χ0n) is 13.5. The Hall–Kier alpha value is -1.51. The first-order valence-electron chi connectivity index (χ1n) is 7.94. The number of methoxy groups -OCH3 is 1. The van der Waals surface area contributed by atoms with Crippen LogP contribution in [-0.4, -0.2) is 19.7 Å². The largest absolute Gasteiger partial charge is 0.494 e. The molecule has 1 saturated carbocycles. The van der Waals surface area contributed by atoms with Crippen molar-refractivity contribution in [2.45, 2.75) is 46.0 Å². The second-order valence-corrected chi connectivity index (χ2v) is 5.92. The fourth-order valence-corrected chi connectivity index (χ4v) is 3.02. The molecule has 1 aliphatic carbocycles. The lowest BCUT2D eigenvalue weighted by atomic mass is 9.92. The zero-order valence-corrected chi connectivity index (χ0v) is 13.5. The zero-order chi connectivity index (χ0) is 15.4. The summed E-state index contributed by atoms with van der Waals surface area (Å²) in [5.41, 5.74) is 2.60. The average molecular weight is 290 g/mol. The second-order valence-electron chi connectivity index (χ2n) is 5.92. The topological polar surface area (TPSA) is 35.5 Å². The summed E-state index contributed by atoms with van der Waals surface area (Å²) in [5.74, 6) is 1.91. The number of esters is 1. The molecule has 0 heterocycles. The molecule has 0 N–H and O–H groups in total. The quantitative estimate of drug-likeness (QED) is 0.713. The molecule has 3 nitrogen and oxygen atoms in total. The van der Waals surface area contributed by atoms with E-state index in [1.165, 1.54) is 18.2 Å². The van der Waals surface area contributed by atoms with Gasteiger partial charge in [-0.3, -0.25) is 4.79 Å². The molecule has 0 aliphatic heterocycles. The van der Waals surface area contributed by atoms with Crippen LogP contribution in [0, 0.1) is 11.8 Å². The predicted molar refractivity (Wildman–Crippen MR) is 83.6 cm³/mol. The summed E-state index contributed by atoms with van der Waals surface area (Å²) in [4.78, 5) is 11.5. The van der Waals surface area contributed by atoms with E-state index in [1.54, 1.807) is 0 Å². The van der Waals surface area contributed by atoms with E-state index in [2.05, 4.69) is 32.0 Å². The smallest absolute Gasteiger partial charge is 0.308 e. The van der Waals surface area contributed by atoms with Crippen molar-refractivity contribution in [3.05, 3.63) is 29.3 Å². The summed E-state index contributed by atoms with van der Waals surface area (Å²) >= 11 is 0. The van der Waals surface area contributed by atoms with Gasteiger partial charge >= 0.3 is 5.97 Å². The molecule has 0 saturated heterocycles. The van der Waals surface area contributed by atoms with Crippen LogP contribution < -0.4 is 4.74 Å². The van der Waals surface area contributed by atoms with Crippen molar-refractivity contribution < 1.29 is 14.3 Å². The van der Waals surface area contributed by atoms with Crippen LogP contribution in [-0.2, 0) is 16.0 Å².